The van der Waals surface area contributed by atoms with Crippen molar-refractivity contribution in [3.63, 3.8) is 0 Å². The second kappa shape index (κ2) is 7.62. The van der Waals surface area contributed by atoms with Crippen LogP contribution in [0.4, 0.5) is 0 Å². The summed E-state index contributed by atoms with van der Waals surface area (Å²) in [4.78, 5) is 14.1. The number of likely N-dealkylation sites (N-methyl/N-ethyl adjacent to an activating group) is 1. The number of nitrogens with zero attached hydrogens (tertiary/aromatic N) is 3. The zero-order valence-electron chi connectivity index (χ0n) is 14.1. The molecule has 124 valence electrons. The molecule has 6 heteroatoms. The minimum absolute atomic E-state index is 0.00152. The Bertz CT molecular complexity index is 679. The Balaban J connectivity index is 1.83. The highest BCUT2D eigenvalue weighted by molar-refractivity contribution is 6.30. The molecule has 0 spiro atoms. The maximum atomic E-state index is 12.1. The average Bonchev–Trinajstić information content (AvgIpc) is 2.73. The van der Waals surface area contributed by atoms with Crippen LogP contribution in [0.25, 0.3) is 0 Å². The summed E-state index contributed by atoms with van der Waals surface area (Å²) in [5.41, 5.74) is 4.36. The molecular weight excluding hydrogens is 312 g/mol. The number of amides is 1. The third-order valence-electron chi connectivity index (χ3n) is 3.90. The smallest absolute Gasteiger partial charge is 0.234 e. The normalized spacial score (nSPS) is 11.0. The number of aromatic nitrogens is 2. The largest absolute Gasteiger partial charge is 0.351 e. The number of hydrogen-bond donors (Lipinski definition) is 1. The van der Waals surface area contributed by atoms with Crippen LogP contribution < -0.4 is 5.32 Å². The van der Waals surface area contributed by atoms with Crippen molar-refractivity contribution in [1.29, 1.82) is 0 Å². The fraction of sp³-hybridized carbons (Fsp3) is 0.412. The summed E-state index contributed by atoms with van der Waals surface area (Å²) in [5.74, 6) is 0.00152. The van der Waals surface area contributed by atoms with E-state index in [9.17, 15) is 4.79 Å². The van der Waals surface area contributed by atoms with Crippen molar-refractivity contribution < 1.29 is 4.79 Å². The summed E-state index contributed by atoms with van der Waals surface area (Å²) in [7, 11) is 3.87. The highest BCUT2D eigenvalue weighted by Gasteiger charge is 2.13. The van der Waals surface area contributed by atoms with Gasteiger partial charge in [0, 0.05) is 36.4 Å². The van der Waals surface area contributed by atoms with Crippen molar-refractivity contribution in [2.45, 2.75) is 26.9 Å². The van der Waals surface area contributed by atoms with Gasteiger partial charge in [-0.1, -0.05) is 23.7 Å². The van der Waals surface area contributed by atoms with Gasteiger partial charge in [-0.05, 0) is 38.6 Å². The predicted molar refractivity (Wildman–Crippen MR) is 92.3 cm³/mol. The van der Waals surface area contributed by atoms with E-state index in [1.54, 1.807) is 0 Å². The monoisotopic (exact) mass is 334 g/mol. The van der Waals surface area contributed by atoms with Gasteiger partial charge in [-0.2, -0.15) is 5.10 Å². The van der Waals surface area contributed by atoms with E-state index in [-0.39, 0.29) is 5.91 Å². The van der Waals surface area contributed by atoms with E-state index in [4.69, 9.17) is 11.6 Å². The van der Waals surface area contributed by atoms with Crippen LogP contribution in [0.5, 0.6) is 0 Å². The Hall–Kier alpha value is -1.85. The number of hydrogen-bond acceptors (Lipinski definition) is 3. The number of aryl methyl sites for hydroxylation is 2. The highest BCUT2D eigenvalue weighted by Crippen LogP contribution is 2.13. The van der Waals surface area contributed by atoms with Crippen LogP contribution in [0.1, 0.15) is 22.5 Å². The molecule has 1 heterocycles. The number of benzene rings is 1. The molecule has 1 N–H and O–H groups in total. The number of rotatable bonds is 6. The second-order valence-electron chi connectivity index (χ2n) is 5.85. The van der Waals surface area contributed by atoms with Crippen molar-refractivity contribution >= 4 is 17.5 Å². The van der Waals surface area contributed by atoms with Gasteiger partial charge in [-0.25, -0.2) is 0 Å². The lowest BCUT2D eigenvalue weighted by Crippen LogP contribution is -2.34. The zero-order valence-corrected chi connectivity index (χ0v) is 14.8. The molecule has 2 aromatic rings. The first-order valence-corrected chi connectivity index (χ1v) is 7.93. The molecule has 1 aromatic heterocycles. The molecule has 0 saturated carbocycles. The lowest BCUT2D eigenvalue weighted by Gasteiger charge is -2.16. The topological polar surface area (TPSA) is 50.2 Å². The van der Waals surface area contributed by atoms with Crippen molar-refractivity contribution in [1.82, 2.24) is 20.0 Å². The van der Waals surface area contributed by atoms with Gasteiger partial charge in [0.05, 0.1) is 12.2 Å². The Morgan fingerprint density at radius 2 is 1.96 bits per heavy atom. The van der Waals surface area contributed by atoms with Gasteiger partial charge in [0.2, 0.25) is 5.91 Å². The fourth-order valence-electron chi connectivity index (χ4n) is 2.48. The molecule has 0 radical (unpaired) electrons. The van der Waals surface area contributed by atoms with E-state index < -0.39 is 0 Å². The van der Waals surface area contributed by atoms with Crippen LogP contribution in [0, 0.1) is 13.8 Å². The minimum Gasteiger partial charge on any atom is -0.351 e. The molecule has 0 aliphatic rings. The van der Waals surface area contributed by atoms with Crippen LogP contribution in [0.2, 0.25) is 5.02 Å². The fourth-order valence-corrected chi connectivity index (χ4v) is 2.60. The summed E-state index contributed by atoms with van der Waals surface area (Å²) >= 11 is 5.85. The molecule has 5 nitrogen and oxygen atoms in total. The molecule has 0 fully saturated rings. The van der Waals surface area contributed by atoms with Gasteiger partial charge in [-0.3, -0.25) is 14.4 Å². The molecule has 1 amide bonds. The molecule has 0 saturated heterocycles. The number of carbonyl (C=O) groups is 1. The Labute approximate surface area is 142 Å². The van der Waals surface area contributed by atoms with Crippen LogP contribution in [0.3, 0.4) is 0 Å². The van der Waals surface area contributed by atoms with Gasteiger partial charge in [-0.15, -0.1) is 0 Å². The molecule has 0 unspecified atom stereocenters. The molecule has 0 aliphatic carbocycles. The first kappa shape index (κ1) is 17.5. The van der Waals surface area contributed by atoms with E-state index in [2.05, 4.69) is 10.4 Å². The molecular formula is C17H23ClN4O. The van der Waals surface area contributed by atoms with Gasteiger partial charge in [0.1, 0.15) is 0 Å². The number of carbonyl (C=O) groups excluding carboxylic acids is 1. The van der Waals surface area contributed by atoms with Gasteiger partial charge < -0.3 is 5.32 Å². The van der Waals surface area contributed by atoms with Crippen LogP contribution in [-0.4, -0.2) is 34.2 Å². The molecule has 0 aliphatic heterocycles. The first-order chi connectivity index (χ1) is 10.9. The Morgan fingerprint density at radius 1 is 1.30 bits per heavy atom. The number of halogens is 1. The van der Waals surface area contributed by atoms with Crippen LogP contribution in [-0.2, 0) is 24.9 Å². The summed E-state index contributed by atoms with van der Waals surface area (Å²) in [6.45, 7) is 5.61. The van der Waals surface area contributed by atoms with Crippen molar-refractivity contribution in [3.05, 3.63) is 51.8 Å². The Kier molecular flexibility index (Phi) is 5.80. The molecule has 0 atom stereocenters. The van der Waals surface area contributed by atoms with E-state index in [0.29, 0.717) is 24.7 Å². The van der Waals surface area contributed by atoms with Gasteiger partial charge in [0.25, 0.3) is 0 Å². The van der Waals surface area contributed by atoms with Crippen molar-refractivity contribution in [2.75, 3.05) is 13.6 Å². The third-order valence-corrected chi connectivity index (χ3v) is 4.16. The van der Waals surface area contributed by atoms with E-state index >= 15 is 0 Å². The summed E-state index contributed by atoms with van der Waals surface area (Å²) in [5, 5.41) is 8.03. The molecule has 23 heavy (non-hydrogen) atoms. The highest BCUT2D eigenvalue weighted by atomic mass is 35.5. The standard InChI is InChI=1S/C17H23ClN4O/c1-12-16(13(2)22(4)20-12)10-21(3)11-17(23)19-9-14-5-7-15(18)8-6-14/h5-8H,9-11H2,1-4H3,(H,19,23). The van der Waals surface area contributed by atoms with Gasteiger partial charge >= 0.3 is 0 Å². The third kappa shape index (κ3) is 4.81. The lowest BCUT2D eigenvalue weighted by molar-refractivity contribution is -0.122. The maximum Gasteiger partial charge on any atom is 0.234 e. The summed E-state index contributed by atoms with van der Waals surface area (Å²) in [6.07, 6.45) is 0. The quantitative estimate of drug-likeness (QED) is 0.882. The van der Waals surface area contributed by atoms with E-state index in [1.807, 2.05) is 61.8 Å². The van der Waals surface area contributed by atoms with Crippen LogP contribution >= 0.6 is 11.6 Å². The van der Waals surface area contributed by atoms with Crippen LogP contribution in [0.15, 0.2) is 24.3 Å². The first-order valence-electron chi connectivity index (χ1n) is 7.55. The average molecular weight is 335 g/mol. The van der Waals surface area contributed by atoms with Crippen molar-refractivity contribution in [2.24, 2.45) is 7.05 Å². The van der Waals surface area contributed by atoms with Crippen molar-refractivity contribution in [3.8, 4) is 0 Å². The zero-order chi connectivity index (χ0) is 17.0. The minimum atomic E-state index is 0.00152. The predicted octanol–water partition coefficient (Wildman–Crippen LogP) is 2.44. The molecule has 2 rings (SSSR count). The Morgan fingerprint density at radius 3 is 2.52 bits per heavy atom. The summed E-state index contributed by atoms with van der Waals surface area (Å²) < 4.78 is 1.87. The number of nitrogens with one attached hydrogen (secondary N) is 1. The lowest BCUT2D eigenvalue weighted by atomic mass is 10.2. The molecule has 0 bridgehead atoms. The maximum absolute atomic E-state index is 12.1. The van der Waals surface area contributed by atoms with Gasteiger partial charge in [0.15, 0.2) is 0 Å². The second-order valence-corrected chi connectivity index (χ2v) is 6.28. The van der Waals surface area contributed by atoms with E-state index in [0.717, 1.165) is 17.0 Å². The molecule has 1 aromatic carbocycles. The summed E-state index contributed by atoms with van der Waals surface area (Å²) in [6, 6.07) is 7.47. The van der Waals surface area contributed by atoms with E-state index in [1.165, 1.54) is 5.56 Å². The SMILES string of the molecule is Cc1nn(C)c(C)c1CN(C)CC(=O)NCc1ccc(Cl)cc1.